The normalized spacial score (nSPS) is 13.6. The number of pyridine rings is 1. The number of fused-ring (bicyclic) bond motifs is 1. The van der Waals surface area contributed by atoms with Gasteiger partial charge in [0.05, 0.1) is 5.69 Å². The molecule has 1 fully saturated rings. The summed E-state index contributed by atoms with van der Waals surface area (Å²) >= 11 is 0. The van der Waals surface area contributed by atoms with Crippen molar-refractivity contribution in [3.63, 3.8) is 0 Å². The first kappa shape index (κ1) is 15.6. The fraction of sp³-hybridized carbons (Fsp3) is 0.150. The quantitative estimate of drug-likeness (QED) is 0.607. The number of nitrogens with one attached hydrogen (secondary N) is 1. The van der Waals surface area contributed by atoms with E-state index in [1.54, 1.807) is 10.7 Å². The van der Waals surface area contributed by atoms with Crippen LogP contribution in [-0.2, 0) is 4.79 Å². The summed E-state index contributed by atoms with van der Waals surface area (Å²) in [6, 6.07) is 17.1. The number of rotatable bonds is 4. The van der Waals surface area contributed by atoms with Crippen LogP contribution in [0, 0.1) is 5.92 Å². The molecule has 0 radical (unpaired) electrons. The van der Waals surface area contributed by atoms with Crippen LogP contribution in [0.25, 0.3) is 28.4 Å². The van der Waals surface area contributed by atoms with Gasteiger partial charge in [0.1, 0.15) is 5.69 Å². The zero-order chi connectivity index (χ0) is 18.2. The van der Waals surface area contributed by atoms with Gasteiger partial charge in [0.25, 0.3) is 0 Å². The Kier molecular flexibility index (Phi) is 3.64. The van der Waals surface area contributed by atoms with Gasteiger partial charge in [-0.2, -0.15) is 9.61 Å². The lowest BCUT2D eigenvalue weighted by molar-refractivity contribution is -0.117. The van der Waals surface area contributed by atoms with Crippen molar-refractivity contribution < 1.29 is 4.79 Å². The van der Waals surface area contributed by atoms with E-state index in [1.807, 2.05) is 54.6 Å². The predicted octanol–water partition coefficient (Wildman–Crippen LogP) is 3.20. The predicted molar refractivity (Wildman–Crippen MR) is 101 cm³/mol. The smallest absolute Gasteiger partial charge is 0.227 e. The second-order valence-corrected chi connectivity index (χ2v) is 6.57. The lowest BCUT2D eigenvalue weighted by Crippen LogP contribution is -2.13. The summed E-state index contributed by atoms with van der Waals surface area (Å²) in [6.07, 6.45) is 3.67. The van der Waals surface area contributed by atoms with E-state index < -0.39 is 0 Å². The highest BCUT2D eigenvalue weighted by molar-refractivity contribution is 5.94. The van der Waals surface area contributed by atoms with Crippen LogP contribution in [0.1, 0.15) is 12.8 Å². The molecule has 4 aromatic rings. The molecule has 7 nitrogen and oxygen atoms in total. The number of benzene rings is 1. The summed E-state index contributed by atoms with van der Waals surface area (Å²) in [4.78, 5) is 16.3. The van der Waals surface area contributed by atoms with E-state index in [9.17, 15) is 4.79 Å². The van der Waals surface area contributed by atoms with Gasteiger partial charge in [-0.3, -0.25) is 9.78 Å². The van der Waals surface area contributed by atoms with Gasteiger partial charge in [0, 0.05) is 23.4 Å². The third-order valence-corrected chi connectivity index (χ3v) is 4.53. The van der Waals surface area contributed by atoms with Crippen molar-refractivity contribution in [2.24, 2.45) is 5.92 Å². The Bertz CT molecular complexity index is 1130. The maximum Gasteiger partial charge on any atom is 0.227 e. The molecule has 1 saturated carbocycles. The van der Waals surface area contributed by atoms with Crippen LogP contribution in [0.2, 0.25) is 0 Å². The Balaban J connectivity index is 1.52. The van der Waals surface area contributed by atoms with Crippen LogP contribution in [-0.4, -0.2) is 30.7 Å². The van der Waals surface area contributed by atoms with Crippen LogP contribution < -0.4 is 5.32 Å². The van der Waals surface area contributed by atoms with Crippen molar-refractivity contribution in [1.29, 1.82) is 0 Å². The first-order valence-electron chi connectivity index (χ1n) is 8.83. The van der Waals surface area contributed by atoms with Crippen molar-refractivity contribution in [2.75, 3.05) is 5.32 Å². The van der Waals surface area contributed by atoms with E-state index in [0.29, 0.717) is 17.2 Å². The molecule has 1 aromatic carbocycles. The van der Waals surface area contributed by atoms with Gasteiger partial charge in [0.15, 0.2) is 5.65 Å². The van der Waals surface area contributed by atoms with Crippen LogP contribution in [0.15, 0.2) is 60.8 Å². The van der Waals surface area contributed by atoms with Crippen LogP contribution >= 0.6 is 0 Å². The zero-order valence-electron chi connectivity index (χ0n) is 14.4. The first-order chi connectivity index (χ1) is 13.3. The Hall–Kier alpha value is -3.61. The molecule has 1 N–H and O–H groups in total. The van der Waals surface area contributed by atoms with Gasteiger partial charge in [-0.25, -0.2) is 0 Å². The molecule has 7 heteroatoms. The topological polar surface area (TPSA) is 85.1 Å². The molecule has 3 heterocycles. The molecular weight excluding hydrogens is 340 g/mol. The summed E-state index contributed by atoms with van der Waals surface area (Å²) < 4.78 is 1.69. The summed E-state index contributed by atoms with van der Waals surface area (Å²) in [5.74, 6) is 0.846. The maximum absolute atomic E-state index is 12.0. The average Bonchev–Trinajstić information content (AvgIpc) is 3.48. The SMILES string of the molecule is O=C(Nc1cccc(-c2ccc3nnc(-c4ccccn4)n3n2)c1)C1CC1. The fourth-order valence-corrected chi connectivity index (χ4v) is 2.94. The Morgan fingerprint density at radius 1 is 1.00 bits per heavy atom. The second-order valence-electron chi connectivity index (χ2n) is 6.57. The average molecular weight is 356 g/mol. The Labute approximate surface area is 155 Å². The summed E-state index contributed by atoms with van der Waals surface area (Å²) in [5, 5.41) is 16.0. The molecule has 0 unspecified atom stereocenters. The minimum absolute atomic E-state index is 0.0896. The molecule has 0 atom stereocenters. The molecule has 3 aromatic heterocycles. The number of hydrogen-bond donors (Lipinski definition) is 1. The van der Waals surface area contributed by atoms with Gasteiger partial charge < -0.3 is 5.32 Å². The van der Waals surface area contributed by atoms with E-state index in [0.717, 1.165) is 29.8 Å². The first-order valence-corrected chi connectivity index (χ1v) is 8.83. The number of amides is 1. The fourth-order valence-electron chi connectivity index (χ4n) is 2.94. The number of anilines is 1. The Morgan fingerprint density at radius 3 is 2.74 bits per heavy atom. The number of carbonyl (C=O) groups excluding carboxylic acids is 1. The lowest BCUT2D eigenvalue weighted by Gasteiger charge is -2.07. The monoisotopic (exact) mass is 356 g/mol. The summed E-state index contributed by atoms with van der Waals surface area (Å²) in [7, 11) is 0. The van der Waals surface area contributed by atoms with E-state index in [4.69, 9.17) is 0 Å². The number of nitrogens with zero attached hydrogens (tertiary/aromatic N) is 5. The molecule has 0 bridgehead atoms. The summed E-state index contributed by atoms with van der Waals surface area (Å²) in [6.45, 7) is 0. The van der Waals surface area contributed by atoms with Crippen molar-refractivity contribution in [1.82, 2.24) is 24.8 Å². The van der Waals surface area contributed by atoms with Crippen molar-refractivity contribution in [2.45, 2.75) is 12.8 Å². The zero-order valence-corrected chi connectivity index (χ0v) is 14.4. The van der Waals surface area contributed by atoms with E-state index >= 15 is 0 Å². The highest BCUT2D eigenvalue weighted by atomic mass is 16.2. The molecule has 5 rings (SSSR count). The van der Waals surface area contributed by atoms with Crippen LogP contribution in [0.3, 0.4) is 0 Å². The number of aromatic nitrogens is 5. The molecule has 1 aliphatic rings. The number of hydrogen-bond acceptors (Lipinski definition) is 5. The third kappa shape index (κ3) is 3.03. The maximum atomic E-state index is 12.0. The highest BCUT2D eigenvalue weighted by Crippen LogP contribution is 2.30. The molecule has 1 aliphatic carbocycles. The van der Waals surface area contributed by atoms with Crippen LogP contribution in [0.5, 0.6) is 0 Å². The molecule has 0 saturated heterocycles. The number of carbonyl (C=O) groups is 1. The van der Waals surface area contributed by atoms with Gasteiger partial charge >= 0.3 is 0 Å². The molecule has 0 spiro atoms. The molecule has 132 valence electrons. The van der Waals surface area contributed by atoms with Crippen molar-refractivity contribution >= 4 is 17.2 Å². The highest BCUT2D eigenvalue weighted by Gasteiger charge is 2.29. The third-order valence-electron chi connectivity index (χ3n) is 4.53. The Morgan fingerprint density at radius 2 is 1.93 bits per heavy atom. The van der Waals surface area contributed by atoms with E-state index in [2.05, 4.69) is 25.6 Å². The minimum Gasteiger partial charge on any atom is -0.326 e. The molecule has 0 aliphatic heterocycles. The van der Waals surface area contributed by atoms with Crippen molar-refractivity contribution in [3.8, 4) is 22.8 Å². The van der Waals surface area contributed by atoms with E-state index in [1.165, 1.54) is 0 Å². The van der Waals surface area contributed by atoms with Gasteiger partial charge in [-0.1, -0.05) is 18.2 Å². The largest absolute Gasteiger partial charge is 0.326 e. The molecule has 1 amide bonds. The van der Waals surface area contributed by atoms with Gasteiger partial charge in [0.2, 0.25) is 11.7 Å². The molecule has 27 heavy (non-hydrogen) atoms. The standard InChI is InChI=1S/C20H16N6O/c27-20(13-7-8-13)22-15-5-3-4-14(12-15)16-9-10-18-23-24-19(26(18)25-16)17-6-1-2-11-21-17/h1-6,9-13H,7-8H2,(H,22,27). The van der Waals surface area contributed by atoms with Gasteiger partial charge in [-0.15, -0.1) is 10.2 Å². The molecular formula is C20H16N6O. The minimum atomic E-state index is 0.0896. The van der Waals surface area contributed by atoms with Crippen molar-refractivity contribution in [3.05, 3.63) is 60.8 Å². The van der Waals surface area contributed by atoms with Gasteiger partial charge in [-0.05, 0) is 49.2 Å². The second kappa shape index (κ2) is 6.28. The van der Waals surface area contributed by atoms with E-state index in [-0.39, 0.29) is 11.8 Å². The summed E-state index contributed by atoms with van der Waals surface area (Å²) in [5.41, 5.74) is 3.81. The lowest BCUT2D eigenvalue weighted by atomic mass is 10.1. The van der Waals surface area contributed by atoms with Crippen LogP contribution in [0.4, 0.5) is 5.69 Å².